The van der Waals surface area contributed by atoms with Crippen LogP contribution in [-0.2, 0) is 11.3 Å². The maximum Gasteiger partial charge on any atom is 0.282 e. The van der Waals surface area contributed by atoms with Crippen LogP contribution < -0.4 is 0 Å². The van der Waals surface area contributed by atoms with E-state index in [-0.39, 0.29) is 29.2 Å². The Morgan fingerprint density at radius 1 is 1.03 bits per heavy atom. The molecule has 37 heavy (non-hydrogen) atoms. The molecule has 1 N–H and O–H groups in total. The number of aromatic nitrogens is 2. The van der Waals surface area contributed by atoms with Crippen molar-refractivity contribution in [2.24, 2.45) is 52.8 Å². The molecule has 6 fully saturated rings. The van der Waals surface area contributed by atoms with Gasteiger partial charge in [0.2, 0.25) is 0 Å². The van der Waals surface area contributed by atoms with Gasteiger partial charge in [0.1, 0.15) is 0 Å². The van der Waals surface area contributed by atoms with E-state index in [0.717, 1.165) is 48.8 Å². The Balaban J connectivity index is 1.05. The zero-order valence-electron chi connectivity index (χ0n) is 21.9. The van der Waals surface area contributed by atoms with Crippen LogP contribution in [0.4, 0.5) is 8.78 Å². The lowest BCUT2D eigenvalue weighted by Crippen LogP contribution is -2.58. The molecule has 8 heteroatoms. The van der Waals surface area contributed by atoms with Gasteiger partial charge >= 0.3 is 0 Å². The van der Waals surface area contributed by atoms with E-state index in [0.29, 0.717) is 29.6 Å². The number of rotatable bonds is 4. The van der Waals surface area contributed by atoms with E-state index in [2.05, 4.69) is 12.0 Å². The highest BCUT2D eigenvalue weighted by Gasteiger charge is 2.70. The number of fused-ring (bicyclic) bond motifs is 7. The van der Waals surface area contributed by atoms with Crippen LogP contribution in [0, 0.1) is 52.8 Å². The molecule has 5 saturated carbocycles. The molecule has 1 aromatic heterocycles. The Kier molecular flexibility index (Phi) is 5.15. The minimum Gasteiger partial charge on any atom is -0.390 e. The molecule has 0 bridgehead atoms. The summed E-state index contributed by atoms with van der Waals surface area (Å²) in [5, 5.41) is 14.9. The van der Waals surface area contributed by atoms with Crippen molar-refractivity contribution < 1.29 is 23.5 Å². The van der Waals surface area contributed by atoms with Gasteiger partial charge in [0, 0.05) is 12.1 Å². The summed E-state index contributed by atoms with van der Waals surface area (Å²) >= 11 is 0. The third-order valence-corrected chi connectivity index (χ3v) is 11.7. The summed E-state index contributed by atoms with van der Waals surface area (Å²) in [6, 6.07) is 0. The fourth-order valence-corrected chi connectivity index (χ4v) is 10.3. The summed E-state index contributed by atoms with van der Waals surface area (Å²) in [5.41, 5.74) is -0.193. The van der Waals surface area contributed by atoms with E-state index in [4.69, 9.17) is 0 Å². The van der Waals surface area contributed by atoms with Crippen molar-refractivity contribution in [2.45, 2.75) is 83.3 Å². The van der Waals surface area contributed by atoms with Crippen molar-refractivity contribution in [2.75, 3.05) is 13.1 Å². The number of ketones is 1. The molecular formula is C29H39F2N3O3. The van der Waals surface area contributed by atoms with Crippen molar-refractivity contribution in [1.29, 1.82) is 0 Å². The number of halogens is 2. The lowest BCUT2D eigenvalue weighted by atomic mass is 9.48. The molecule has 1 aliphatic heterocycles. The maximum atomic E-state index is 13.8. The predicted molar refractivity (Wildman–Crippen MR) is 132 cm³/mol. The van der Waals surface area contributed by atoms with Crippen molar-refractivity contribution in [1.82, 2.24) is 14.7 Å². The maximum absolute atomic E-state index is 13.8. The first-order valence-electron chi connectivity index (χ1n) is 14.4. The van der Waals surface area contributed by atoms with Gasteiger partial charge in [-0.05, 0) is 105 Å². The highest BCUT2D eigenvalue weighted by atomic mass is 19.3. The molecule has 0 unspecified atom stereocenters. The van der Waals surface area contributed by atoms with E-state index in [1.54, 1.807) is 6.20 Å². The van der Waals surface area contributed by atoms with E-state index in [1.165, 1.54) is 30.1 Å². The second kappa shape index (κ2) is 7.86. The smallest absolute Gasteiger partial charge is 0.282 e. The van der Waals surface area contributed by atoms with Crippen LogP contribution in [0.2, 0.25) is 0 Å². The number of amides is 1. The topological polar surface area (TPSA) is 75.4 Å². The molecule has 0 radical (unpaired) electrons. The minimum absolute atomic E-state index is 0.0356. The molecule has 1 saturated heterocycles. The van der Waals surface area contributed by atoms with Crippen LogP contribution in [0.5, 0.6) is 0 Å². The monoisotopic (exact) mass is 515 g/mol. The first kappa shape index (κ1) is 24.2. The number of alkyl halides is 2. The van der Waals surface area contributed by atoms with Gasteiger partial charge in [-0.3, -0.25) is 14.3 Å². The largest absolute Gasteiger partial charge is 0.390 e. The Labute approximate surface area is 217 Å². The third kappa shape index (κ3) is 3.75. The highest BCUT2D eigenvalue weighted by molar-refractivity contribution is 5.94. The van der Waals surface area contributed by atoms with E-state index < -0.39 is 30.5 Å². The fourth-order valence-electron chi connectivity index (χ4n) is 10.3. The van der Waals surface area contributed by atoms with E-state index >= 15 is 0 Å². The molecule has 10 atom stereocenters. The first-order valence-corrected chi connectivity index (χ1v) is 14.4. The second-order valence-corrected chi connectivity index (χ2v) is 14.1. The summed E-state index contributed by atoms with van der Waals surface area (Å²) in [6.45, 7) is 3.43. The van der Waals surface area contributed by atoms with Gasteiger partial charge in [-0.15, -0.1) is 0 Å². The van der Waals surface area contributed by atoms with Gasteiger partial charge in [0.25, 0.3) is 11.8 Å². The van der Waals surface area contributed by atoms with Gasteiger partial charge in [0.15, 0.2) is 5.78 Å². The summed E-state index contributed by atoms with van der Waals surface area (Å²) in [7, 11) is 0. The molecule has 1 amide bonds. The number of nitrogens with zero attached hydrogens (tertiary/aromatic N) is 3. The van der Waals surface area contributed by atoms with Gasteiger partial charge in [-0.1, -0.05) is 6.92 Å². The molecule has 1 aromatic rings. The number of likely N-dealkylation sites (tertiary alicyclic amines) is 1. The van der Waals surface area contributed by atoms with Gasteiger partial charge < -0.3 is 10.0 Å². The molecule has 5 aliphatic carbocycles. The molecule has 7 rings (SSSR count). The SMILES string of the molecule is C[C@@]1(O)CC[C@H]2[C@H](CC[C@@H]3[C@@H]2CC[C@@]2(C)[C@H]3[C@@H]3C[C@@H]3[C@@H]2C(=O)Cn2cc(C(=O)N3CC(F)(F)C3)cn2)C1. The Morgan fingerprint density at radius 2 is 1.78 bits per heavy atom. The third-order valence-electron chi connectivity index (χ3n) is 11.7. The number of carbonyl (C=O) groups excluding carboxylic acids is 2. The van der Waals surface area contributed by atoms with Crippen LogP contribution in [-0.4, -0.2) is 56.1 Å². The molecule has 0 aromatic carbocycles. The number of hydrogen-bond acceptors (Lipinski definition) is 4. The summed E-state index contributed by atoms with van der Waals surface area (Å²) < 4.78 is 27.9. The highest BCUT2D eigenvalue weighted by Crippen LogP contribution is 2.74. The van der Waals surface area contributed by atoms with Gasteiger partial charge in [-0.2, -0.15) is 5.10 Å². The normalized spacial score (nSPS) is 47.2. The fraction of sp³-hybridized carbons (Fsp3) is 0.828. The van der Waals surface area contributed by atoms with Crippen molar-refractivity contribution in [3.8, 4) is 0 Å². The van der Waals surface area contributed by atoms with E-state index in [9.17, 15) is 23.5 Å². The van der Waals surface area contributed by atoms with Crippen LogP contribution >= 0.6 is 0 Å². The zero-order valence-corrected chi connectivity index (χ0v) is 21.9. The summed E-state index contributed by atoms with van der Waals surface area (Å²) in [6.07, 6.45) is 11.9. The molecule has 202 valence electrons. The quantitative estimate of drug-likeness (QED) is 0.644. The molecule has 0 spiro atoms. The van der Waals surface area contributed by atoms with Crippen LogP contribution in [0.15, 0.2) is 12.4 Å². The number of hydrogen-bond donors (Lipinski definition) is 1. The zero-order chi connectivity index (χ0) is 25.9. The van der Waals surface area contributed by atoms with Crippen molar-refractivity contribution >= 4 is 11.7 Å². The number of carbonyl (C=O) groups is 2. The second-order valence-electron chi connectivity index (χ2n) is 14.1. The number of Topliss-reactive ketones (excluding diaryl/α,β-unsaturated/α-hetero) is 1. The van der Waals surface area contributed by atoms with Crippen molar-refractivity contribution in [3.63, 3.8) is 0 Å². The Morgan fingerprint density at radius 3 is 2.54 bits per heavy atom. The van der Waals surface area contributed by atoms with Gasteiger partial charge in [-0.25, -0.2) is 8.78 Å². The summed E-state index contributed by atoms with van der Waals surface area (Å²) in [4.78, 5) is 27.4. The molecule has 2 heterocycles. The van der Waals surface area contributed by atoms with Crippen LogP contribution in [0.1, 0.15) is 75.6 Å². The number of aliphatic hydroxyl groups is 1. The van der Waals surface area contributed by atoms with Crippen LogP contribution in [0.25, 0.3) is 0 Å². The lowest BCUT2D eigenvalue weighted by molar-refractivity contribution is -0.136. The van der Waals surface area contributed by atoms with E-state index in [1.807, 2.05) is 6.92 Å². The van der Waals surface area contributed by atoms with Gasteiger partial charge in [0.05, 0.1) is 37.0 Å². The molecule has 6 aliphatic rings. The van der Waals surface area contributed by atoms with Crippen LogP contribution in [0.3, 0.4) is 0 Å². The average Bonchev–Trinajstić information content (AvgIpc) is 3.31. The molecular weight excluding hydrogens is 476 g/mol. The lowest BCUT2D eigenvalue weighted by Gasteiger charge is -2.57. The first-order chi connectivity index (χ1) is 17.5. The van der Waals surface area contributed by atoms with Crippen molar-refractivity contribution in [3.05, 3.63) is 18.0 Å². The minimum atomic E-state index is -2.80. The standard InChI is InChI=1S/C29H39F2N3O3/c1-27(37)7-5-18-16(10-27)3-4-20-19(18)6-8-28(2)24(20)21-9-22(21)25(28)23(35)13-34-12-17(11-32-34)26(36)33-14-29(30,31)15-33/h11-12,16,18-22,24-25,37H,3-10,13-15H2,1-2H3/t16-,18+,19-,20-,21-,22+,24-,25-,27-,28+/m1/s1. The Hall–Kier alpha value is -1.83. The Bertz CT molecular complexity index is 1130. The predicted octanol–water partition coefficient (Wildman–Crippen LogP) is 4.42. The molecule has 6 nitrogen and oxygen atoms in total. The summed E-state index contributed by atoms with van der Waals surface area (Å²) in [5.74, 6) is 1.63. The average molecular weight is 516 g/mol.